The van der Waals surface area contributed by atoms with Gasteiger partial charge < -0.3 is 9.80 Å². The van der Waals surface area contributed by atoms with Crippen molar-refractivity contribution in [1.29, 1.82) is 0 Å². The molecule has 0 spiro atoms. The van der Waals surface area contributed by atoms with Crippen LogP contribution in [0.25, 0.3) is 15.6 Å². The van der Waals surface area contributed by atoms with Crippen molar-refractivity contribution in [3.8, 4) is 0 Å². The summed E-state index contributed by atoms with van der Waals surface area (Å²) in [6.07, 6.45) is 2.93. The number of hydrogen-bond donors (Lipinski definition) is 0. The monoisotopic (exact) mass is 558 g/mol. The lowest BCUT2D eigenvalue weighted by atomic mass is 10.1. The van der Waals surface area contributed by atoms with E-state index in [4.69, 9.17) is 12.2 Å². The molecule has 0 atom stereocenters. The summed E-state index contributed by atoms with van der Waals surface area (Å²) in [5.74, 6) is -0.0453. The number of carbonyl (C=O) groups excluding carboxylic acids is 1. The van der Waals surface area contributed by atoms with Gasteiger partial charge in [-0.25, -0.2) is 4.98 Å². The van der Waals surface area contributed by atoms with Crippen LogP contribution >= 0.6 is 34.9 Å². The Morgan fingerprint density at radius 1 is 1.03 bits per heavy atom. The maximum atomic E-state index is 12.8. The maximum Gasteiger partial charge on any atom is 0.276 e. The van der Waals surface area contributed by atoms with Gasteiger partial charge in [-0.05, 0) is 74.0 Å². The SMILES string of the molecule is CCN1C(=O)/C(=C\c2cc3sc(N=Nc4ccc5c(c4)CCN5Cc4ccccc4)nc3s2)N(CC)C1=S. The quantitative estimate of drug-likeness (QED) is 0.137. The van der Waals surface area contributed by atoms with Crippen LogP contribution in [-0.4, -0.2) is 45.4 Å². The minimum atomic E-state index is -0.0453. The predicted octanol–water partition coefficient (Wildman–Crippen LogP) is 7.15. The van der Waals surface area contributed by atoms with Gasteiger partial charge in [0.25, 0.3) is 5.91 Å². The van der Waals surface area contributed by atoms with E-state index in [9.17, 15) is 4.79 Å². The number of thiazole rings is 1. The minimum absolute atomic E-state index is 0.0453. The fourth-order valence-corrected chi connectivity index (χ4v) is 7.31. The first-order valence-corrected chi connectivity index (χ1v) is 14.7. The number of nitrogens with zero attached hydrogens (tertiary/aromatic N) is 6. The van der Waals surface area contributed by atoms with Crippen molar-refractivity contribution in [1.82, 2.24) is 14.8 Å². The molecular formula is C28H26N6OS3. The van der Waals surface area contributed by atoms with Crippen molar-refractivity contribution in [2.75, 3.05) is 24.5 Å². The molecule has 1 amide bonds. The Morgan fingerprint density at radius 3 is 2.61 bits per heavy atom. The molecule has 10 heteroatoms. The Labute approximate surface area is 234 Å². The van der Waals surface area contributed by atoms with E-state index in [1.54, 1.807) is 16.2 Å². The second-order valence-electron chi connectivity index (χ2n) is 9.09. The fourth-order valence-electron chi connectivity index (χ4n) is 4.89. The standard InChI is InChI=1S/C28H26N6OS3/c1-3-33-23(26(35)34(4-2)28(33)36)15-21-16-24-25(37-21)29-27(38-24)31-30-20-10-11-22-19(14-20)12-13-32(22)17-18-8-6-5-7-9-18/h5-11,14-16H,3-4,12-13,17H2,1-2H3/b23-15+,31-30?. The molecule has 4 heterocycles. The van der Waals surface area contributed by atoms with Gasteiger partial charge >= 0.3 is 0 Å². The number of fused-ring (bicyclic) bond motifs is 2. The van der Waals surface area contributed by atoms with E-state index < -0.39 is 0 Å². The highest BCUT2D eigenvalue weighted by Crippen LogP contribution is 2.37. The molecule has 192 valence electrons. The molecule has 2 aromatic carbocycles. The van der Waals surface area contributed by atoms with Gasteiger partial charge in [0.15, 0.2) is 5.11 Å². The van der Waals surface area contributed by atoms with Gasteiger partial charge in [-0.2, -0.15) is 0 Å². The van der Waals surface area contributed by atoms with Crippen molar-refractivity contribution in [2.24, 2.45) is 10.2 Å². The Bertz CT molecular complexity index is 1560. The topological polar surface area (TPSA) is 64.4 Å². The molecule has 7 nitrogen and oxygen atoms in total. The van der Waals surface area contributed by atoms with Crippen LogP contribution in [0.1, 0.15) is 29.9 Å². The summed E-state index contributed by atoms with van der Waals surface area (Å²) in [7, 11) is 0. The minimum Gasteiger partial charge on any atom is -0.367 e. The van der Waals surface area contributed by atoms with Crippen molar-refractivity contribution in [3.05, 3.63) is 76.3 Å². The van der Waals surface area contributed by atoms with Crippen LogP contribution in [0.3, 0.4) is 0 Å². The molecule has 38 heavy (non-hydrogen) atoms. The number of thiophene rings is 1. The summed E-state index contributed by atoms with van der Waals surface area (Å²) in [6, 6.07) is 18.9. The van der Waals surface area contributed by atoms with Crippen molar-refractivity contribution in [3.63, 3.8) is 0 Å². The summed E-state index contributed by atoms with van der Waals surface area (Å²) < 4.78 is 1.03. The normalized spacial score (nSPS) is 16.7. The zero-order valence-electron chi connectivity index (χ0n) is 21.1. The molecule has 0 bridgehead atoms. The Morgan fingerprint density at radius 2 is 1.84 bits per heavy atom. The summed E-state index contributed by atoms with van der Waals surface area (Å²) >= 11 is 8.53. The number of thiocarbonyl (C=S) groups is 1. The van der Waals surface area contributed by atoms with E-state index >= 15 is 0 Å². The number of likely N-dealkylation sites (N-methyl/N-ethyl adjacent to an activating group) is 2. The molecule has 4 aromatic rings. The predicted molar refractivity (Wildman–Crippen MR) is 160 cm³/mol. The van der Waals surface area contributed by atoms with Crippen molar-refractivity contribution < 1.29 is 4.79 Å². The van der Waals surface area contributed by atoms with Crippen LogP contribution in [0.2, 0.25) is 0 Å². The number of anilines is 1. The molecule has 0 aliphatic carbocycles. The Kier molecular flexibility index (Phi) is 6.77. The first kappa shape index (κ1) is 24.8. The molecule has 0 radical (unpaired) electrons. The van der Waals surface area contributed by atoms with E-state index in [1.807, 2.05) is 30.9 Å². The third-order valence-corrected chi connectivity index (χ3v) is 9.18. The number of aromatic nitrogens is 1. The van der Waals surface area contributed by atoms with Crippen LogP contribution in [0.4, 0.5) is 16.5 Å². The van der Waals surface area contributed by atoms with E-state index in [0.29, 0.717) is 29.0 Å². The second-order valence-corrected chi connectivity index (χ2v) is 11.5. The first-order valence-electron chi connectivity index (χ1n) is 12.6. The molecule has 2 aliphatic heterocycles. The number of azo groups is 1. The number of benzene rings is 2. The summed E-state index contributed by atoms with van der Waals surface area (Å²) in [4.78, 5) is 25.3. The van der Waals surface area contributed by atoms with Crippen molar-refractivity contribution >= 4 is 78.0 Å². The third kappa shape index (κ3) is 4.63. The van der Waals surface area contributed by atoms with E-state index in [0.717, 1.165) is 39.6 Å². The largest absolute Gasteiger partial charge is 0.367 e. The zero-order chi connectivity index (χ0) is 26.2. The van der Waals surface area contributed by atoms with Gasteiger partial charge in [-0.15, -0.1) is 21.6 Å². The van der Waals surface area contributed by atoms with Crippen LogP contribution in [0, 0.1) is 0 Å². The van der Waals surface area contributed by atoms with E-state index in [-0.39, 0.29) is 5.91 Å². The van der Waals surface area contributed by atoms with Gasteiger partial charge in [0, 0.05) is 36.7 Å². The van der Waals surface area contributed by atoms with Gasteiger partial charge in [0.05, 0.1) is 10.4 Å². The third-order valence-electron chi connectivity index (χ3n) is 6.75. The molecule has 0 unspecified atom stereocenters. The number of amides is 1. The summed E-state index contributed by atoms with van der Waals surface area (Å²) in [5.41, 5.74) is 5.35. The number of carbonyl (C=O) groups is 1. The smallest absolute Gasteiger partial charge is 0.276 e. The summed E-state index contributed by atoms with van der Waals surface area (Å²) in [5, 5.41) is 10.1. The molecule has 1 saturated heterocycles. The van der Waals surface area contributed by atoms with Crippen LogP contribution in [0.15, 0.2) is 70.5 Å². The average molecular weight is 559 g/mol. The molecule has 0 N–H and O–H groups in total. The molecule has 6 rings (SSSR count). The molecule has 2 aliphatic rings. The highest BCUT2D eigenvalue weighted by molar-refractivity contribution is 7.80. The zero-order valence-corrected chi connectivity index (χ0v) is 23.6. The van der Waals surface area contributed by atoms with Crippen LogP contribution in [0.5, 0.6) is 0 Å². The first-order chi connectivity index (χ1) is 18.5. The van der Waals surface area contributed by atoms with Gasteiger partial charge in [0.1, 0.15) is 10.5 Å². The highest BCUT2D eigenvalue weighted by Gasteiger charge is 2.36. The number of hydrogen-bond acceptors (Lipinski definition) is 8. The molecule has 0 saturated carbocycles. The lowest BCUT2D eigenvalue weighted by Gasteiger charge is -2.19. The van der Waals surface area contributed by atoms with Crippen LogP contribution in [-0.2, 0) is 17.8 Å². The summed E-state index contributed by atoms with van der Waals surface area (Å²) in [6.45, 7) is 7.08. The second kappa shape index (κ2) is 10.4. The average Bonchev–Trinajstić information content (AvgIpc) is 3.65. The fraction of sp³-hybridized carbons (Fsp3) is 0.250. The Balaban J connectivity index is 1.17. The highest BCUT2D eigenvalue weighted by atomic mass is 32.1. The van der Waals surface area contributed by atoms with Gasteiger partial charge in [-0.3, -0.25) is 9.69 Å². The molecule has 1 fully saturated rings. The Hall–Kier alpha value is -3.47. The van der Waals surface area contributed by atoms with E-state index in [2.05, 4.69) is 68.6 Å². The number of rotatable bonds is 7. The molecular weight excluding hydrogens is 533 g/mol. The van der Waals surface area contributed by atoms with Crippen molar-refractivity contribution in [2.45, 2.75) is 26.8 Å². The lowest BCUT2D eigenvalue weighted by Crippen LogP contribution is -2.32. The lowest BCUT2D eigenvalue weighted by molar-refractivity contribution is -0.122. The van der Waals surface area contributed by atoms with E-state index in [1.165, 1.54) is 28.2 Å². The maximum absolute atomic E-state index is 12.8. The molecule has 2 aromatic heterocycles. The van der Waals surface area contributed by atoms with Gasteiger partial charge in [-0.1, -0.05) is 41.7 Å². The van der Waals surface area contributed by atoms with Gasteiger partial charge in [0.2, 0.25) is 5.13 Å². The van der Waals surface area contributed by atoms with Crippen LogP contribution < -0.4 is 4.90 Å².